The van der Waals surface area contributed by atoms with Crippen molar-refractivity contribution in [1.82, 2.24) is 4.31 Å². The lowest BCUT2D eigenvalue weighted by atomic mass is 10.0. The minimum Gasteiger partial charge on any atom is -0.465 e. The van der Waals surface area contributed by atoms with Crippen LogP contribution in [0.25, 0.3) is 6.08 Å². The Hall–Kier alpha value is -1.60. The van der Waals surface area contributed by atoms with Crippen molar-refractivity contribution < 1.29 is 17.9 Å². The first kappa shape index (κ1) is 21.7. The standard InChI is InChI=1S/C20H26ClNO4S/c1-15(2)11-18(14-23)22(13-16(3)12-19-5-4-10-26-19)27(24,25)20-8-6-17(21)7-9-20/h4-10,12,15,18,23H,11,13-14H2,1-3H3. The van der Waals surface area contributed by atoms with Crippen molar-refractivity contribution in [3.63, 3.8) is 0 Å². The highest BCUT2D eigenvalue weighted by Crippen LogP contribution is 2.25. The molecule has 1 N–H and O–H groups in total. The molecule has 2 rings (SSSR count). The Morgan fingerprint density at radius 1 is 1.26 bits per heavy atom. The number of hydrogen-bond donors (Lipinski definition) is 1. The van der Waals surface area contributed by atoms with Gasteiger partial charge in [0.1, 0.15) is 5.76 Å². The van der Waals surface area contributed by atoms with Gasteiger partial charge in [-0.2, -0.15) is 4.31 Å². The molecule has 0 radical (unpaired) electrons. The van der Waals surface area contributed by atoms with Crippen molar-refractivity contribution in [3.05, 3.63) is 59.0 Å². The summed E-state index contributed by atoms with van der Waals surface area (Å²) in [6, 6.07) is 9.13. The van der Waals surface area contributed by atoms with E-state index in [4.69, 9.17) is 16.0 Å². The number of benzene rings is 1. The van der Waals surface area contributed by atoms with Crippen molar-refractivity contribution in [2.75, 3.05) is 13.2 Å². The quantitative estimate of drug-likeness (QED) is 0.662. The summed E-state index contributed by atoms with van der Waals surface area (Å²) in [6.45, 7) is 5.75. The second-order valence-electron chi connectivity index (χ2n) is 6.98. The van der Waals surface area contributed by atoms with Crippen LogP contribution < -0.4 is 0 Å². The van der Waals surface area contributed by atoms with E-state index in [1.54, 1.807) is 36.6 Å². The minimum absolute atomic E-state index is 0.153. The highest BCUT2D eigenvalue weighted by Gasteiger charge is 2.31. The maximum absolute atomic E-state index is 13.3. The Morgan fingerprint density at radius 2 is 1.93 bits per heavy atom. The zero-order valence-electron chi connectivity index (χ0n) is 15.8. The van der Waals surface area contributed by atoms with Gasteiger partial charge in [-0.3, -0.25) is 0 Å². The van der Waals surface area contributed by atoms with Gasteiger partial charge in [-0.1, -0.05) is 31.0 Å². The fraction of sp³-hybridized carbons (Fsp3) is 0.400. The molecule has 0 spiro atoms. The van der Waals surface area contributed by atoms with E-state index < -0.39 is 16.1 Å². The summed E-state index contributed by atoms with van der Waals surface area (Å²) >= 11 is 5.90. The monoisotopic (exact) mass is 411 g/mol. The smallest absolute Gasteiger partial charge is 0.243 e. The lowest BCUT2D eigenvalue weighted by molar-refractivity contribution is 0.173. The number of rotatable bonds is 9. The Bertz CT molecular complexity index is 843. The fourth-order valence-corrected chi connectivity index (χ4v) is 4.68. The van der Waals surface area contributed by atoms with E-state index in [-0.39, 0.29) is 24.0 Å². The molecule has 0 aliphatic heterocycles. The van der Waals surface area contributed by atoms with Crippen LogP contribution in [-0.2, 0) is 10.0 Å². The third kappa shape index (κ3) is 5.94. The molecule has 1 heterocycles. The molecule has 0 saturated heterocycles. The lowest BCUT2D eigenvalue weighted by Gasteiger charge is -2.31. The molecular formula is C20H26ClNO4S. The predicted molar refractivity (Wildman–Crippen MR) is 108 cm³/mol. The van der Waals surface area contributed by atoms with Crippen molar-refractivity contribution in [1.29, 1.82) is 0 Å². The van der Waals surface area contributed by atoms with E-state index in [2.05, 4.69) is 0 Å². The number of aliphatic hydroxyl groups excluding tert-OH is 1. The van der Waals surface area contributed by atoms with Crippen LogP contribution in [-0.4, -0.2) is 37.0 Å². The van der Waals surface area contributed by atoms with E-state index in [1.807, 2.05) is 20.8 Å². The summed E-state index contributed by atoms with van der Waals surface area (Å²) in [5.41, 5.74) is 0.810. The van der Waals surface area contributed by atoms with Crippen LogP contribution >= 0.6 is 11.6 Å². The molecule has 1 atom stereocenters. The summed E-state index contributed by atoms with van der Waals surface area (Å²) < 4.78 is 33.2. The van der Waals surface area contributed by atoms with Crippen LogP contribution in [0.4, 0.5) is 0 Å². The Labute approximate surface area is 166 Å². The van der Waals surface area contributed by atoms with Crippen molar-refractivity contribution in [2.45, 2.75) is 38.1 Å². The topological polar surface area (TPSA) is 70.8 Å². The van der Waals surface area contributed by atoms with Crippen LogP contribution in [0.15, 0.2) is 57.5 Å². The van der Waals surface area contributed by atoms with Gasteiger partial charge < -0.3 is 9.52 Å². The molecule has 7 heteroatoms. The molecule has 1 aromatic carbocycles. The van der Waals surface area contributed by atoms with E-state index in [9.17, 15) is 13.5 Å². The van der Waals surface area contributed by atoms with Gasteiger partial charge in [-0.05, 0) is 61.7 Å². The first-order chi connectivity index (χ1) is 12.7. The second-order valence-corrected chi connectivity index (χ2v) is 9.30. The number of furan rings is 1. The van der Waals surface area contributed by atoms with Crippen LogP contribution in [0.1, 0.15) is 33.0 Å². The summed E-state index contributed by atoms with van der Waals surface area (Å²) in [6.07, 6.45) is 3.92. The predicted octanol–water partition coefficient (Wildman–Crippen LogP) is 4.43. The summed E-state index contributed by atoms with van der Waals surface area (Å²) in [7, 11) is -3.81. The first-order valence-electron chi connectivity index (χ1n) is 8.83. The third-order valence-electron chi connectivity index (χ3n) is 4.12. The molecule has 2 aromatic rings. The average molecular weight is 412 g/mol. The molecule has 27 heavy (non-hydrogen) atoms. The van der Waals surface area contributed by atoms with Gasteiger partial charge in [0.25, 0.3) is 0 Å². The molecule has 0 aliphatic carbocycles. The molecule has 0 fully saturated rings. The largest absolute Gasteiger partial charge is 0.465 e. The Balaban J connectivity index is 2.40. The Morgan fingerprint density at radius 3 is 2.44 bits per heavy atom. The zero-order chi connectivity index (χ0) is 20.0. The molecule has 5 nitrogen and oxygen atoms in total. The van der Waals surface area contributed by atoms with Gasteiger partial charge in [0.2, 0.25) is 10.0 Å². The fourth-order valence-electron chi connectivity index (χ4n) is 2.89. The summed E-state index contributed by atoms with van der Waals surface area (Å²) in [5, 5.41) is 10.4. The van der Waals surface area contributed by atoms with E-state index in [0.29, 0.717) is 17.2 Å². The number of nitrogens with zero attached hydrogens (tertiary/aromatic N) is 1. The molecule has 0 saturated carbocycles. The highest BCUT2D eigenvalue weighted by molar-refractivity contribution is 7.89. The first-order valence-corrected chi connectivity index (χ1v) is 10.6. The average Bonchev–Trinajstić information content (AvgIpc) is 3.10. The van der Waals surface area contributed by atoms with E-state index in [1.165, 1.54) is 16.4 Å². The van der Waals surface area contributed by atoms with Crippen LogP contribution in [0.2, 0.25) is 5.02 Å². The van der Waals surface area contributed by atoms with Crippen molar-refractivity contribution in [3.8, 4) is 0 Å². The second kappa shape index (κ2) is 9.55. The van der Waals surface area contributed by atoms with Crippen molar-refractivity contribution in [2.24, 2.45) is 5.92 Å². The summed E-state index contributed by atoms with van der Waals surface area (Å²) in [4.78, 5) is 0.153. The number of sulfonamides is 1. The van der Waals surface area contributed by atoms with Gasteiger partial charge in [0, 0.05) is 17.6 Å². The molecule has 0 bridgehead atoms. The highest BCUT2D eigenvalue weighted by atomic mass is 35.5. The maximum atomic E-state index is 13.3. The molecule has 0 aliphatic rings. The van der Waals surface area contributed by atoms with Gasteiger partial charge >= 0.3 is 0 Å². The summed E-state index contributed by atoms with van der Waals surface area (Å²) in [5.74, 6) is 0.889. The molecule has 1 unspecified atom stereocenters. The molecule has 0 amide bonds. The van der Waals surface area contributed by atoms with Crippen LogP contribution in [0, 0.1) is 5.92 Å². The van der Waals surface area contributed by atoms with Gasteiger partial charge in [-0.25, -0.2) is 8.42 Å². The maximum Gasteiger partial charge on any atom is 0.243 e. The number of hydrogen-bond acceptors (Lipinski definition) is 4. The minimum atomic E-state index is -3.81. The molecule has 1 aromatic heterocycles. The van der Waals surface area contributed by atoms with E-state index in [0.717, 1.165) is 5.57 Å². The number of aliphatic hydroxyl groups is 1. The molecular weight excluding hydrogens is 386 g/mol. The SMILES string of the molecule is CC(=Cc1ccco1)CN(C(CO)CC(C)C)S(=O)(=O)c1ccc(Cl)cc1. The van der Waals surface area contributed by atoms with Gasteiger partial charge in [-0.15, -0.1) is 0 Å². The normalized spacial score (nSPS) is 14.1. The van der Waals surface area contributed by atoms with Crippen LogP contribution in [0.3, 0.4) is 0 Å². The van der Waals surface area contributed by atoms with Crippen LogP contribution in [0.5, 0.6) is 0 Å². The van der Waals surface area contributed by atoms with E-state index >= 15 is 0 Å². The van der Waals surface area contributed by atoms with Gasteiger partial charge in [0.05, 0.1) is 17.8 Å². The lowest BCUT2D eigenvalue weighted by Crippen LogP contribution is -2.44. The number of halogens is 1. The Kier molecular flexibility index (Phi) is 7.68. The third-order valence-corrected chi connectivity index (χ3v) is 6.28. The van der Waals surface area contributed by atoms with Crippen molar-refractivity contribution >= 4 is 27.7 Å². The zero-order valence-corrected chi connectivity index (χ0v) is 17.4. The molecule has 148 valence electrons. The van der Waals surface area contributed by atoms with Gasteiger partial charge in [0.15, 0.2) is 0 Å².